The Morgan fingerprint density at radius 3 is 1.25 bits per heavy atom. The Balaban J connectivity index is 0.000000205. The summed E-state index contributed by atoms with van der Waals surface area (Å²) >= 11 is 8.78. The first-order chi connectivity index (χ1) is 38.8. The molecule has 4 aromatic carbocycles. The molecular weight excluding hydrogens is 1210 g/mol. The number of carbonyl (C=O) groups excluding carboxylic acids is 4. The second kappa shape index (κ2) is 27.9. The summed E-state index contributed by atoms with van der Waals surface area (Å²) in [4.78, 5) is 67.1. The second-order valence-corrected chi connectivity index (χ2v) is 30.6. The number of hydrogen-bond donors (Lipinski definition) is 7. The topological polar surface area (TPSA) is 227 Å². The molecule has 8 rings (SSSR count). The molecule has 456 valence electrons. The van der Waals surface area contributed by atoms with Gasteiger partial charge in [0.2, 0.25) is 23.6 Å². The molecule has 0 aliphatic carbocycles. The van der Waals surface area contributed by atoms with E-state index in [4.69, 9.17) is 0 Å². The van der Waals surface area contributed by atoms with Crippen LogP contribution in [0.1, 0.15) is 170 Å². The van der Waals surface area contributed by atoms with Gasteiger partial charge in [0.1, 0.15) is 24.8 Å². The zero-order valence-corrected chi connectivity index (χ0v) is 56.2. The molecule has 4 aromatic rings. The van der Waals surface area contributed by atoms with Gasteiger partial charge in [0.25, 0.3) is 0 Å². The number of hydrogen-bond acceptors (Lipinski definition) is 15. The number of aryl methyl sites for hydroxylation is 1. The Morgan fingerprint density at radius 1 is 0.524 bits per heavy atom. The van der Waals surface area contributed by atoms with E-state index >= 15 is 0 Å². The van der Waals surface area contributed by atoms with Gasteiger partial charge < -0.3 is 36.6 Å². The summed E-state index contributed by atoms with van der Waals surface area (Å²) in [6.45, 7) is 31.5. The third-order valence-corrected chi connectivity index (χ3v) is 21.4. The SMILES string of the molecule is CC(C)(C)N=C1NC(=O)[C@@](C)(Cc2ccccc2)S1.CCC(O)(CC)[C@@]1(C)SC(=N[C@@H](C)c2ccc(F)cc2)NC1=O.C[C@H](N=C1NC(=O)C(C)(C(C)(C)O)S1)c1ccc(Br)cc1.Cc1ccc([C@H](C)N=C2NC(=O)C(C)(C(C)(C)O)S2)cc1. The van der Waals surface area contributed by atoms with Crippen LogP contribution in [0.5, 0.6) is 0 Å². The van der Waals surface area contributed by atoms with Crippen LogP contribution in [0.15, 0.2) is 128 Å². The molecule has 0 bridgehead atoms. The van der Waals surface area contributed by atoms with Crippen molar-refractivity contribution >= 4 is 107 Å². The minimum atomic E-state index is -1.13. The third-order valence-electron chi connectivity index (χ3n) is 15.3. The molecule has 7 N–H and O–H groups in total. The lowest BCUT2D eigenvalue weighted by atomic mass is 9.82. The van der Waals surface area contributed by atoms with E-state index in [1.54, 1.807) is 60.6 Å². The van der Waals surface area contributed by atoms with Gasteiger partial charge in [-0.2, -0.15) is 0 Å². The summed E-state index contributed by atoms with van der Waals surface area (Å²) in [5.74, 6) is -0.875. The average Bonchev–Trinajstić information content (AvgIpc) is 4.00. The van der Waals surface area contributed by atoms with Gasteiger partial charge in [-0.1, -0.05) is 161 Å². The van der Waals surface area contributed by atoms with Crippen molar-refractivity contribution in [1.29, 1.82) is 0 Å². The molecule has 21 heteroatoms. The summed E-state index contributed by atoms with van der Waals surface area (Å²) in [5, 5.41) is 44.8. The highest BCUT2D eigenvalue weighted by Gasteiger charge is 2.56. The summed E-state index contributed by atoms with van der Waals surface area (Å²) < 4.78 is 10.7. The van der Waals surface area contributed by atoms with Crippen LogP contribution in [0, 0.1) is 12.7 Å². The lowest BCUT2D eigenvalue weighted by molar-refractivity contribution is -0.129. The fourth-order valence-corrected chi connectivity index (χ4v) is 13.9. The van der Waals surface area contributed by atoms with E-state index in [0.29, 0.717) is 34.8 Å². The second-order valence-electron chi connectivity index (χ2n) is 24.0. The van der Waals surface area contributed by atoms with Crippen LogP contribution < -0.4 is 21.3 Å². The van der Waals surface area contributed by atoms with Crippen molar-refractivity contribution in [3.63, 3.8) is 0 Å². The number of halogens is 2. The standard InChI is InChI=1S/C17H23FN2O2S.C16H22N2O2S.C15H19BrN2O2S.C15H20N2OS/c1-5-17(22,6-2)16(4)14(21)20-15(23-16)19-11(3)12-7-9-13(18)10-8-12;1-10-6-8-12(9-7-10)11(2)17-14-18-13(19)16(5,21-14)15(3,4)20;1-9(10-5-7-11(16)8-6-10)17-13-18-12(19)15(4,21-13)14(2,3)20;1-14(2,3)17-13-16-12(18)15(4,19-13)10-11-8-6-5-7-9-11/h7-11,22H,5-6H2,1-4H3,(H,19,20,21);6-9,11,20H,1-5H3,(H,17,18,19);5-9,20H,1-4H3,(H,17,18,19);5-9H,10H2,1-4H3,(H,16,17,18)/t11-,16-;11-,16?;9-,15?;15-/m0001/s1. The lowest BCUT2D eigenvalue weighted by Crippen LogP contribution is -2.54. The van der Waals surface area contributed by atoms with Crippen LogP contribution in [-0.4, -0.2) is 101 Å². The molecule has 15 nitrogen and oxygen atoms in total. The maximum Gasteiger partial charge on any atom is 0.245 e. The molecule has 4 heterocycles. The molecule has 4 aliphatic heterocycles. The number of amidine groups is 4. The fourth-order valence-electron chi connectivity index (χ4n) is 8.71. The Labute approximate surface area is 521 Å². The zero-order chi connectivity index (χ0) is 63.0. The molecular formula is C63H84BrFN8O7S4. The van der Waals surface area contributed by atoms with Gasteiger partial charge in [-0.25, -0.2) is 4.39 Å². The maximum absolute atomic E-state index is 13.0. The van der Waals surface area contributed by atoms with E-state index in [9.17, 15) is 38.9 Å². The number of carbonyl (C=O) groups is 4. The molecule has 4 fully saturated rings. The van der Waals surface area contributed by atoms with Crippen molar-refractivity contribution in [2.75, 3.05) is 0 Å². The number of nitrogens with one attached hydrogen (secondary N) is 4. The number of aliphatic imine (C=N–C) groups is 4. The highest BCUT2D eigenvalue weighted by atomic mass is 79.9. The van der Waals surface area contributed by atoms with E-state index in [-0.39, 0.29) is 53.1 Å². The normalized spacial score (nSPS) is 25.6. The summed E-state index contributed by atoms with van der Waals surface area (Å²) in [6.07, 6.45) is 1.69. The largest absolute Gasteiger partial charge is 0.388 e. The van der Waals surface area contributed by atoms with Crippen LogP contribution in [0.2, 0.25) is 0 Å². The Hall–Kier alpha value is -4.87. The van der Waals surface area contributed by atoms with Crippen molar-refractivity contribution in [2.24, 2.45) is 20.0 Å². The average molecular weight is 1290 g/mol. The minimum absolute atomic E-state index is 0.0439. The molecule has 7 atom stereocenters. The Bertz CT molecular complexity index is 3000. The van der Waals surface area contributed by atoms with E-state index in [2.05, 4.69) is 69.3 Å². The molecule has 4 amide bonds. The van der Waals surface area contributed by atoms with E-state index in [0.717, 1.165) is 26.3 Å². The van der Waals surface area contributed by atoms with Gasteiger partial charge in [-0.3, -0.25) is 39.1 Å². The monoisotopic (exact) mass is 1290 g/mol. The number of nitrogens with zero attached hydrogens (tertiary/aromatic N) is 4. The van der Waals surface area contributed by atoms with E-state index in [1.807, 2.05) is 136 Å². The van der Waals surface area contributed by atoms with Crippen molar-refractivity contribution < 1.29 is 38.9 Å². The predicted molar refractivity (Wildman–Crippen MR) is 351 cm³/mol. The number of aliphatic hydroxyl groups is 3. The van der Waals surface area contributed by atoms with Crippen LogP contribution in [0.25, 0.3) is 0 Å². The molecule has 2 unspecified atom stereocenters. The van der Waals surface area contributed by atoms with Crippen molar-refractivity contribution in [1.82, 2.24) is 21.3 Å². The van der Waals surface area contributed by atoms with E-state index in [1.165, 1.54) is 70.3 Å². The first kappa shape index (κ1) is 69.9. The highest BCUT2D eigenvalue weighted by Crippen LogP contribution is 2.46. The fraction of sp³-hybridized carbons (Fsp3) is 0.492. The van der Waals surface area contributed by atoms with Crippen LogP contribution in [0.4, 0.5) is 4.39 Å². The molecule has 4 aliphatic rings. The van der Waals surface area contributed by atoms with Crippen LogP contribution in [-0.2, 0) is 25.6 Å². The van der Waals surface area contributed by atoms with Crippen molar-refractivity contribution in [3.05, 3.63) is 141 Å². The van der Waals surface area contributed by atoms with E-state index < -0.39 is 35.8 Å². The van der Waals surface area contributed by atoms with Gasteiger partial charge in [-0.05, 0) is 170 Å². The first-order valence-corrected chi connectivity index (χ1v) is 32.0. The molecule has 4 saturated heterocycles. The van der Waals surface area contributed by atoms with Gasteiger partial charge in [0.15, 0.2) is 20.7 Å². The first-order valence-electron chi connectivity index (χ1n) is 27.9. The summed E-state index contributed by atoms with van der Waals surface area (Å²) in [5.41, 5.74) is 1.90. The number of amides is 4. The molecule has 0 radical (unpaired) electrons. The molecule has 84 heavy (non-hydrogen) atoms. The van der Waals surface area contributed by atoms with Crippen molar-refractivity contribution in [2.45, 2.75) is 196 Å². The molecule has 0 aromatic heterocycles. The highest BCUT2D eigenvalue weighted by molar-refractivity contribution is 9.10. The van der Waals surface area contributed by atoms with Gasteiger partial charge in [-0.15, -0.1) is 0 Å². The number of benzene rings is 4. The quantitative estimate of drug-likeness (QED) is 0.0666. The summed E-state index contributed by atoms with van der Waals surface area (Å²) in [7, 11) is 0. The predicted octanol–water partition coefficient (Wildman–Crippen LogP) is 12.5. The zero-order valence-electron chi connectivity index (χ0n) is 51.3. The minimum Gasteiger partial charge on any atom is -0.388 e. The Morgan fingerprint density at radius 2 is 0.881 bits per heavy atom. The maximum atomic E-state index is 13.0. The number of thioether (sulfide) groups is 4. The summed E-state index contributed by atoms with van der Waals surface area (Å²) in [6, 6.07) is 32.0. The van der Waals surface area contributed by atoms with Gasteiger partial charge >= 0.3 is 0 Å². The number of rotatable bonds is 13. The Kier molecular flexibility index (Phi) is 23.2. The van der Waals surface area contributed by atoms with Crippen LogP contribution in [0.3, 0.4) is 0 Å². The third kappa shape index (κ3) is 17.4. The van der Waals surface area contributed by atoms with Crippen LogP contribution >= 0.6 is 63.0 Å². The lowest BCUT2D eigenvalue weighted by Gasteiger charge is -2.37. The molecule has 0 saturated carbocycles. The van der Waals surface area contributed by atoms with Crippen molar-refractivity contribution in [3.8, 4) is 0 Å². The van der Waals surface area contributed by atoms with Gasteiger partial charge in [0.05, 0.1) is 40.5 Å². The molecule has 0 spiro atoms. The smallest absolute Gasteiger partial charge is 0.245 e. The van der Waals surface area contributed by atoms with Gasteiger partial charge in [0, 0.05) is 4.47 Å².